The lowest BCUT2D eigenvalue weighted by Crippen LogP contribution is -2.41. The number of hydrogen-bond donors (Lipinski definition) is 3. The summed E-state index contributed by atoms with van der Waals surface area (Å²) >= 11 is 0. The van der Waals surface area contributed by atoms with Crippen LogP contribution < -0.4 is 15.9 Å². The number of aryl methyl sites for hydroxylation is 1. The van der Waals surface area contributed by atoms with Crippen LogP contribution in [0.25, 0.3) is 0 Å². The highest BCUT2D eigenvalue weighted by molar-refractivity contribution is 5.80. The van der Waals surface area contributed by atoms with Crippen molar-refractivity contribution in [3.8, 4) is 0 Å². The van der Waals surface area contributed by atoms with Crippen molar-refractivity contribution in [2.75, 3.05) is 31.2 Å². The van der Waals surface area contributed by atoms with E-state index in [1.54, 1.807) is 6.92 Å². The van der Waals surface area contributed by atoms with Crippen molar-refractivity contribution in [3.63, 3.8) is 0 Å². The van der Waals surface area contributed by atoms with Gasteiger partial charge in [0.05, 0.1) is 19.6 Å². The van der Waals surface area contributed by atoms with Crippen LogP contribution in [0.1, 0.15) is 37.9 Å². The van der Waals surface area contributed by atoms with Gasteiger partial charge in [-0.1, -0.05) is 25.7 Å². The molecule has 1 fully saturated rings. The van der Waals surface area contributed by atoms with Gasteiger partial charge in [0.1, 0.15) is 5.82 Å². The number of carbonyl (C=O) groups is 2. The van der Waals surface area contributed by atoms with E-state index < -0.39 is 17.6 Å². The minimum absolute atomic E-state index is 0.0863. The van der Waals surface area contributed by atoms with E-state index in [0.29, 0.717) is 17.4 Å². The van der Waals surface area contributed by atoms with Gasteiger partial charge >= 0.3 is 0 Å². The molecule has 1 aliphatic rings. The van der Waals surface area contributed by atoms with Gasteiger partial charge in [0, 0.05) is 7.05 Å². The van der Waals surface area contributed by atoms with Crippen LogP contribution in [0.5, 0.6) is 0 Å². The lowest BCUT2D eigenvalue weighted by atomic mass is 9.92. The highest BCUT2D eigenvalue weighted by Gasteiger charge is 2.27. The summed E-state index contributed by atoms with van der Waals surface area (Å²) in [5.74, 6) is -1.56. The van der Waals surface area contributed by atoms with Crippen LogP contribution in [0.4, 0.5) is 16.0 Å². The number of hydrogen-bond acceptors (Lipinski definition) is 8. The van der Waals surface area contributed by atoms with Crippen LogP contribution in [0.3, 0.4) is 0 Å². The molecule has 1 atom stereocenters. The van der Waals surface area contributed by atoms with Gasteiger partial charge in [-0.25, -0.2) is 20.1 Å². The molecule has 1 aliphatic carbocycles. The summed E-state index contributed by atoms with van der Waals surface area (Å²) in [6, 6.07) is 0. The van der Waals surface area contributed by atoms with Crippen LogP contribution >= 0.6 is 0 Å². The highest BCUT2D eigenvalue weighted by Crippen LogP contribution is 2.30. The number of amides is 2. The Bertz CT molecular complexity index is 686. The smallest absolute Gasteiger partial charge is 0.243 e. The summed E-state index contributed by atoms with van der Waals surface area (Å²) in [5.41, 5.74) is 4.90. The summed E-state index contributed by atoms with van der Waals surface area (Å²) in [7, 11) is 2.85. The van der Waals surface area contributed by atoms with Crippen LogP contribution in [0.15, 0.2) is 0 Å². The summed E-state index contributed by atoms with van der Waals surface area (Å²) in [5, 5.41) is 11.1. The second kappa shape index (κ2) is 10.1. The number of halogens is 1. The zero-order valence-corrected chi connectivity index (χ0v) is 16.3. The van der Waals surface area contributed by atoms with Gasteiger partial charge in [-0.05, 0) is 19.3 Å². The standard InChI is InChI=1S/C17H27FN6O4/c1-11-19-15(14(18)16(20-11)23(2)28-3)21-22-17(26)13(9-24(27)10-25)8-12-6-4-5-7-12/h10,12-13,27H,4-9H2,1-3H3,(H,22,26)(H,19,20,21)/t13-/m1/s1. The highest BCUT2D eigenvalue weighted by atomic mass is 19.1. The lowest BCUT2D eigenvalue weighted by Gasteiger charge is -2.23. The first kappa shape index (κ1) is 21.8. The Hall–Kier alpha value is -2.53. The first-order valence-electron chi connectivity index (χ1n) is 9.14. The van der Waals surface area contributed by atoms with Gasteiger partial charge in [0.25, 0.3) is 0 Å². The minimum atomic E-state index is -0.792. The Labute approximate surface area is 163 Å². The molecule has 0 unspecified atom stereocenters. The Morgan fingerprint density at radius 1 is 1.43 bits per heavy atom. The SMILES string of the molecule is CON(C)c1nc(C)nc(NNC(=O)[C@H](CC2CCCC2)CN(O)C=O)c1F. The van der Waals surface area contributed by atoms with E-state index in [9.17, 15) is 19.2 Å². The van der Waals surface area contributed by atoms with Crippen LogP contribution in [0, 0.1) is 24.6 Å². The van der Waals surface area contributed by atoms with Crippen molar-refractivity contribution in [1.82, 2.24) is 20.5 Å². The van der Waals surface area contributed by atoms with E-state index in [0.717, 1.165) is 30.7 Å². The number of anilines is 2. The van der Waals surface area contributed by atoms with Crippen LogP contribution in [-0.2, 0) is 14.4 Å². The first-order valence-corrected chi connectivity index (χ1v) is 9.14. The number of carbonyl (C=O) groups excluding carboxylic acids is 2. The van der Waals surface area contributed by atoms with Gasteiger partial charge in [-0.2, -0.15) is 4.39 Å². The van der Waals surface area contributed by atoms with Crippen molar-refractivity contribution < 1.29 is 24.0 Å². The van der Waals surface area contributed by atoms with Gasteiger partial charge in [-0.3, -0.25) is 30.5 Å². The van der Waals surface area contributed by atoms with Gasteiger partial charge in [0.2, 0.25) is 18.1 Å². The predicted octanol–water partition coefficient (Wildman–Crippen LogP) is 1.41. The molecule has 11 heteroatoms. The molecule has 10 nitrogen and oxygen atoms in total. The maximum Gasteiger partial charge on any atom is 0.243 e. The quantitative estimate of drug-likeness (QED) is 0.307. The average molecular weight is 398 g/mol. The molecule has 28 heavy (non-hydrogen) atoms. The van der Waals surface area contributed by atoms with E-state index in [1.807, 2.05) is 0 Å². The van der Waals surface area contributed by atoms with E-state index in [1.165, 1.54) is 14.2 Å². The van der Waals surface area contributed by atoms with Crippen LogP contribution in [-0.4, -0.2) is 53.3 Å². The van der Waals surface area contributed by atoms with Crippen molar-refractivity contribution >= 4 is 24.0 Å². The second-order valence-electron chi connectivity index (χ2n) is 6.86. The molecule has 3 N–H and O–H groups in total. The zero-order chi connectivity index (χ0) is 20.7. The van der Waals surface area contributed by atoms with E-state index in [4.69, 9.17) is 4.84 Å². The molecule has 1 aromatic rings. The molecule has 1 saturated carbocycles. The van der Waals surface area contributed by atoms with Gasteiger partial charge < -0.3 is 0 Å². The zero-order valence-electron chi connectivity index (χ0n) is 16.3. The van der Waals surface area contributed by atoms with Gasteiger partial charge in [0.15, 0.2) is 11.6 Å². The third-order valence-electron chi connectivity index (χ3n) is 4.81. The Morgan fingerprint density at radius 2 is 2.11 bits per heavy atom. The monoisotopic (exact) mass is 398 g/mol. The van der Waals surface area contributed by atoms with E-state index in [2.05, 4.69) is 20.8 Å². The molecule has 0 aliphatic heterocycles. The van der Waals surface area contributed by atoms with Gasteiger partial charge in [-0.15, -0.1) is 0 Å². The second-order valence-corrected chi connectivity index (χ2v) is 6.86. The topological polar surface area (TPSA) is 120 Å². The van der Waals surface area contributed by atoms with Crippen LogP contribution in [0.2, 0.25) is 0 Å². The number of aromatic nitrogens is 2. The molecule has 1 heterocycles. The number of hydroxylamine groups is 3. The maximum absolute atomic E-state index is 14.6. The van der Waals surface area contributed by atoms with Crippen molar-refractivity contribution in [3.05, 3.63) is 11.6 Å². The molecule has 156 valence electrons. The average Bonchev–Trinajstić information content (AvgIpc) is 3.19. The summed E-state index contributed by atoms with van der Waals surface area (Å²) in [6.07, 6.45) is 5.01. The van der Waals surface area contributed by atoms with E-state index >= 15 is 0 Å². The van der Waals surface area contributed by atoms with Crippen molar-refractivity contribution in [1.29, 1.82) is 0 Å². The number of nitrogens with zero attached hydrogens (tertiary/aromatic N) is 4. The first-order chi connectivity index (χ1) is 13.3. The molecule has 0 saturated heterocycles. The summed E-state index contributed by atoms with van der Waals surface area (Å²) in [4.78, 5) is 36.2. The van der Waals surface area contributed by atoms with Crippen molar-refractivity contribution in [2.24, 2.45) is 11.8 Å². The Kier molecular flexibility index (Phi) is 7.88. The molecule has 2 amide bonds. The lowest BCUT2D eigenvalue weighted by molar-refractivity contribution is -0.154. The molecular formula is C17H27FN6O4. The molecule has 1 aromatic heterocycles. The fourth-order valence-electron chi connectivity index (χ4n) is 3.33. The van der Waals surface area contributed by atoms with Crippen molar-refractivity contribution in [2.45, 2.75) is 39.0 Å². The number of nitrogens with one attached hydrogen (secondary N) is 2. The number of hydrazine groups is 1. The minimum Gasteiger partial charge on any atom is -0.286 e. The number of rotatable bonds is 10. The van der Waals surface area contributed by atoms with E-state index in [-0.39, 0.29) is 30.4 Å². The third-order valence-corrected chi connectivity index (χ3v) is 4.81. The Balaban J connectivity index is 2.08. The largest absolute Gasteiger partial charge is 0.286 e. The molecule has 0 spiro atoms. The summed E-state index contributed by atoms with van der Waals surface area (Å²) < 4.78 is 14.6. The molecular weight excluding hydrogens is 371 g/mol. The normalized spacial score (nSPS) is 15.2. The fourth-order valence-corrected chi connectivity index (χ4v) is 3.33. The molecule has 0 aromatic carbocycles. The summed E-state index contributed by atoms with van der Waals surface area (Å²) in [6.45, 7) is 1.44. The molecule has 0 radical (unpaired) electrons. The third kappa shape index (κ3) is 5.73. The predicted molar refractivity (Wildman–Crippen MR) is 98.5 cm³/mol. The maximum atomic E-state index is 14.6. The molecule has 2 rings (SSSR count). The molecule has 0 bridgehead atoms. The Morgan fingerprint density at radius 3 is 2.71 bits per heavy atom. The fraction of sp³-hybridized carbons (Fsp3) is 0.647.